The molecule has 0 bridgehead atoms. The maximum absolute atomic E-state index is 2.95. The largest absolute Gasteiger partial charge is 0.186 e. The number of benzene rings is 2. The van der Waals surface area contributed by atoms with Crippen LogP contribution >= 0.6 is 19.0 Å². The Kier molecular flexibility index (Phi) is 5.37. The van der Waals surface area contributed by atoms with E-state index < -0.39 is 0 Å². The standard InChI is InChI=1S/C12H10P.Al.ClH/c1-3-7-11(8-4-1)13-12-9-5-2-6-10-12;;/h1-10H;;1H/q-1;+1;. The molecule has 0 heterocycles. The van der Waals surface area contributed by atoms with Gasteiger partial charge in [-0.05, 0) is 10.6 Å². The first-order chi connectivity index (χ1) is 6.88. The molecule has 0 spiro atoms. The minimum atomic E-state index is -0.254. The Labute approximate surface area is 106 Å². The van der Waals surface area contributed by atoms with Gasteiger partial charge < -0.3 is 0 Å². The first kappa shape index (κ1) is 12.8. The van der Waals surface area contributed by atoms with Crippen LogP contribution in [-0.2, 0) is 0 Å². The molecular weight excluding hydrogens is 238 g/mol. The van der Waals surface area contributed by atoms with Crippen molar-refractivity contribution in [3.8, 4) is 0 Å². The summed E-state index contributed by atoms with van der Waals surface area (Å²) >= 11 is 2.95. The van der Waals surface area contributed by atoms with Crippen molar-refractivity contribution in [2.75, 3.05) is 0 Å². The molecule has 0 unspecified atom stereocenters. The van der Waals surface area contributed by atoms with Crippen LogP contribution in [0.2, 0.25) is 0 Å². The predicted molar refractivity (Wildman–Crippen MR) is 72.1 cm³/mol. The Bertz CT molecular complexity index is 351. The Morgan fingerprint density at radius 1 is 0.667 bits per heavy atom. The van der Waals surface area contributed by atoms with Crippen LogP contribution in [0.15, 0.2) is 60.7 Å². The molecule has 74 valence electrons. The van der Waals surface area contributed by atoms with Crippen molar-refractivity contribution < 1.29 is 0 Å². The van der Waals surface area contributed by atoms with Crippen LogP contribution in [0.3, 0.4) is 0 Å². The maximum Gasteiger partial charge on any atom is 0.186 e. The lowest BCUT2D eigenvalue weighted by molar-refractivity contribution is 1.76. The third-order valence-electron chi connectivity index (χ3n) is 2.07. The third kappa shape index (κ3) is 3.33. The number of halogens is 1. The average molecular weight is 249 g/mol. The van der Waals surface area contributed by atoms with Crippen molar-refractivity contribution in [1.82, 2.24) is 0 Å². The Hall–Kier alpha value is -0.308. The van der Waals surface area contributed by atoms with Crippen LogP contribution < -0.4 is 10.6 Å². The van der Waals surface area contributed by atoms with Gasteiger partial charge in [-0.2, -0.15) is 0 Å². The topological polar surface area (TPSA) is 0 Å². The quantitative estimate of drug-likeness (QED) is 0.566. The molecule has 0 aliphatic rings. The molecule has 2 radical (unpaired) electrons. The van der Waals surface area contributed by atoms with Crippen LogP contribution in [0.1, 0.15) is 0 Å². The Morgan fingerprint density at radius 3 is 1.33 bits per heavy atom. The molecule has 0 aliphatic carbocycles. The number of hydrogen-bond acceptors (Lipinski definition) is 0. The van der Waals surface area contributed by atoms with Crippen molar-refractivity contribution in [1.29, 1.82) is 0 Å². The van der Waals surface area contributed by atoms with E-state index in [1.54, 1.807) is 0 Å². The van der Waals surface area contributed by atoms with Gasteiger partial charge in [0.05, 0.1) is 0 Å². The minimum Gasteiger partial charge on any atom is -0.147 e. The van der Waals surface area contributed by atoms with Crippen LogP contribution in [0, 0.1) is 0 Å². The second-order valence-electron chi connectivity index (χ2n) is 3.04. The molecule has 0 N–H and O–H groups in total. The lowest BCUT2D eigenvalue weighted by Crippen LogP contribution is -2.10. The molecule has 0 aliphatic heterocycles. The van der Waals surface area contributed by atoms with E-state index in [0.717, 1.165) is 0 Å². The zero-order valence-electron chi connectivity index (χ0n) is 8.21. The van der Waals surface area contributed by atoms with Crippen molar-refractivity contribution in [3.05, 3.63) is 60.7 Å². The van der Waals surface area contributed by atoms with Gasteiger partial charge in [-0.25, -0.2) is 0 Å². The fourth-order valence-corrected chi connectivity index (χ4v) is 3.64. The summed E-state index contributed by atoms with van der Waals surface area (Å²) in [5.74, 6) is 0. The lowest BCUT2D eigenvalue weighted by atomic mass is 10.4. The molecule has 0 fully saturated rings. The van der Waals surface area contributed by atoms with E-state index in [4.69, 9.17) is 0 Å². The fourth-order valence-electron chi connectivity index (χ4n) is 1.33. The summed E-state index contributed by atoms with van der Waals surface area (Å²) in [7, 11) is 0. The van der Waals surface area contributed by atoms with Crippen molar-refractivity contribution >= 4 is 45.4 Å². The molecule has 0 nitrogen and oxygen atoms in total. The minimum absolute atomic E-state index is 0. The van der Waals surface area contributed by atoms with Crippen molar-refractivity contribution in [2.45, 2.75) is 0 Å². The fraction of sp³-hybridized carbons (Fsp3) is 0. The molecule has 0 saturated carbocycles. The number of hydrogen-bond donors (Lipinski definition) is 0. The van der Waals surface area contributed by atoms with E-state index in [-0.39, 0.29) is 19.0 Å². The first-order valence-corrected chi connectivity index (χ1v) is 7.49. The summed E-state index contributed by atoms with van der Waals surface area (Å²) in [5.41, 5.74) is 0. The molecule has 0 atom stereocenters. The molecule has 15 heavy (non-hydrogen) atoms. The molecule has 0 aromatic heterocycles. The van der Waals surface area contributed by atoms with E-state index in [2.05, 4.69) is 76.5 Å². The average Bonchev–Trinajstić information content (AvgIpc) is 2.30. The maximum atomic E-state index is 2.95. The van der Waals surface area contributed by atoms with Gasteiger partial charge in [-0.1, -0.05) is 60.7 Å². The van der Waals surface area contributed by atoms with E-state index >= 15 is 0 Å². The van der Waals surface area contributed by atoms with Gasteiger partial charge in [0.2, 0.25) is 0 Å². The van der Waals surface area contributed by atoms with Crippen molar-refractivity contribution in [2.24, 2.45) is 0 Å². The third-order valence-corrected chi connectivity index (χ3v) is 5.57. The summed E-state index contributed by atoms with van der Waals surface area (Å²) < 4.78 is 0. The highest BCUT2D eigenvalue weighted by atomic mass is 35.5. The smallest absolute Gasteiger partial charge is 0.147 e. The zero-order valence-corrected chi connectivity index (χ0v) is 11.1. The van der Waals surface area contributed by atoms with Crippen LogP contribution in [0.5, 0.6) is 0 Å². The van der Waals surface area contributed by atoms with Gasteiger partial charge >= 0.3 is 0 Å². The molecule has 0 saturated heterocycles. The van der Waals surface area contributed by atoms with Crippen LogP contribution in [-0.4, -0.2) is 15.8 Å². The molecular formula is C12H11AlClP. The van der Waals surface area contributed by atoms with E-state index in [0.29, 0.717) is 0 Å². The zero-order chi connectivity index (χ0) is 9.80. The summed E-state index contributed by atoms with van der Waals surface area (Å²) in [6, 6.07) is 21.2. The molecule has 0 amide bonds. The predicted octanol–water partition coefficient (Wildman–Crippen LogP) is 2.62. The van der Waals surface area contributed by atoms with E-state index in [1.807, 2.05) is 0 Å². The molecule has 2 aromatic rings. The van der Waals surface area contributed by atoms with Gasteiger partial charge in [-0.15, -0.1) is 19.0 Å². The van der Waals surface area contributed by atoms with Crippen molar-refractivity contribution in [3.63, 3.8) is 0 Å². The summed E-state index contributed by atoms with van der Waals surface area (Å²) in [4.78, 5) is 0. The van der Waals surface area contributed by atoms with Gasteiger partial charge in [0, 0.05) is 0 Å². The highest BCUT2D eigenvalue weighted by molar-refractivity contribution is 7.94. The number of rotatable bonds is 2. The van der Waals surface area contributed by atoms with Gasteiger partial charge in [0.1, 0.15) is 0 Å². The first-order valence-electron chi connectivity index (χ1n) is 4.53. The van der Waals surface area contributed by atoms with Crippen LogP contribution in [0.25, 0.3) is 0 Å². The second-order valence-corrected chi connectivity index (χ2v) is 6.36. The van der Waals surface area contributed by atoms with E-state index in [9.17, 15) is 0 Å². The van der Waals surface area contributed by atoms with Gasteiger partial charge in [-0.3, -0.25) is 0 Å². The summed E-state index contributed by atoms with van der Waals surface area (Å²) in [6.07, 6.45) is 0. The summed E-state index contributed by atoms with van der Waals surface area (Å²) in [5, 5.41) is 2.80. The van der Waals surface area contributed by atoms with E-state index in [1.165, 1.54) is 10.6 Å². The Balaban J connectivity index is 0.00000112. The van der Waals surface area contributed by atoms with Crippen LogP contribution in [0.4, 0.5) is 0 Å². The summed E-state index contributed by atoms with van der Waals surface area (Å²) in [6.45, 7) is -0.254. The molecule has 2 rings (SSSR count). The second kappa shape index (κ2) is 6.31. The monoisotopic (exact) mass is 248 g/mol. The molecule has 3 heteroatoms. The Morgan fingerprint density at radius 2 is 1.00 bits per heavy atom. The molecule has 2 aromatic carbocycles. The lowest BCUT2D eigenvalue weighted by Gasteiger charge is -2.14. The van der Waals surface area contributed by atoms with Gasteiger partial charge in [0.25, 0.3) is 0 Å². The normalized spacial score (nSPS) is 9.67. The SMILES string of the molecule is Cl.[Al][P](c1ccccc1)c1ccccc1. The van der Waals surface area contributed by atoms with Gasteiger partial charge in [0.15, 0.2) is 15.8 Å². The highest BCUT2D eigenvalue weighted by Crippen LogP contribution is 2.26. The highest BCUT2D eigenvalue weighted by Gasteiger charge is 2.03.